The predicted molar refractivity (Wildman–Crippen MR) is 102 cm³/mol. The number of para-hydroxylation sites is 2. The van der Waals surface area contributed by atoms with Gasteiger partial charge in [-0.1, -0.05) is 24.8 Å². The fourth-order valence-electron chi connectivity index (χ4n) is 3.28. The normalized spacial score (nSPS) is 16.8. The lowest BCUT2D eigenvalue weighted by Gasteiger charge is -2.32. The third-order valence-corrected chi connectivity index (χ3v) is 4.70. The molecular weight excluding hydrogens is 346 g/mol. The van der Waals surface area contributed by atoms with Gasteiger partial charge in [-0.3, -0.25) is 0 Å². The van der Waals surface area contributed by atoms with Crippen molar-refractivity contribution in [1.82, 2.24) is 19.7 Å². The Morgan fingerprint density at radius 1 is 1.44 bits per heavy atom. The van der Waals surface area contributed by atoms with Gasteiger partial charge in [-0.2, -0.15) is 0 Å². The van der Waals surface area contributed by atoms with E-state index in [1.807, 2.05) is 35.9 Å². The summed E-state index contributed by atoms with van der Waals surface area (Å²) in [5.41, 5.74) is 0.632. The first-order valence-corrected chi connectivity index (χ1v) is 9.01. The molecule has 1 fully saturated rings. The lowest BCUT2D eigenvalue weighted by molar-refractivity contribution is 0.190. The average Bonchev–Trinajstić information content (AvgIpc) is 3.08. The van der Waals surface area contributed by atoms with E-state index in [0.29, 0.717) is 37.0 Å². The zero-order chi connectivity index (χ0) is 19.2. The number of urea groups is 1. The summed E-state index contributed by atoms with van der Waals surface area (Å²) in [4.78, 5) is 14.6. The molecule has 1 atom stereocenters. The molecule has 0 radical (unpaired) electrons. The molecular formula is C19H25N5O3. The summed E-state index contributed by atoms with van der Waals surface area (Å²) in [6.07, 6.45) is 3.48. The number of aliphatic hydroxyl groups excluding tert-OH is 1. The summed E-state index contributed by atoms with van der Waals surface area (Å²) >= 11 is 0. The third-order valence-electron chi connectivity index (χ3n) is 4.70. The van der Waals surface area contributed by atoms with Crippen molar-refractivity contribution in [3.05, 3.63) is 48.6 Å². The average molecular weight is 371 g/mol. The SMILES string of the molecule is C=CCOc1ccccc1NC(=O)N1CCC[C@@H](c2nnc(CO)n2C)C1. The van der Waals surface area contributed by atoms with Gasteiger partial charge in [-0.05, 0) is 25.0 Å². The van der Waals surface area contributed by atoms with Crippen molar-refractivity contribution >= 4 is 11.7 Å². The van der Waals surface area contributed by atoms with Crippen LogP contribution in [0.2, 0.25) is 0 Å². The number of rotatable bonds is 6. The van der Waals surface area contributed by atoms with Crippen LogP contribution in [-0.2, 0) is 13.7 Å². The van der Waals surface area contributed by atoms with Crippen molar-refractivity contribution in [2.75, 3.05) is 25.0 Å². The van der Waals surface area contributed by atoms with Crippen molar-refractivity contribution in [3.8, 4) is 5.75 Å². The fraction of sp³-hybridized carbons (Fsp3) is 0.421. The van der Waals surface area contributed by atoms with Crippen molar-refractivity contribution < 1.29 is 14.6 Å². The number of benzene rings is 1. The standard InChI is InChI=1S/C19H25N5O3/c1-3-11-27-16-9-5-4-8-15(16)20-19(26)24-10-6-7-14(12-24)18-22-21-17(13-25)23(18)2/h3-5,8-9,14,25H,1,6-7,10-13H2,2H3,(H,20,26)/t14-/m1/s1. The van der Waals surface area contributed by atoms with Crippen LogP contribution in [0.25, 0.3) is 0 Å². The number of carbonyl (C=O) groups is 1. The molecule has 144 valence electrons. The molecule has 0 bridgehead atoms. The molecule has 2 N–H and O–H groups in total. The minimum Gasteiger partial charge on any atom is -0.487 e. The molecule has 2 heterocycles. The lowest BCUT2D eigenvalue weighted by Crippen LogP contribution is -2.42. The number of likely N-dealkylation sites (tertiary alicyclic amines) is 1. The number of ether oxygens (including phenoxy) is 1. The Bertz CT molecular complexity index is 804. The number of anilines is 1. The van der Waals surface area contributed by atoms with Gasteiger partial charge in [0.2, 0.25) is 0 Å². The Morgan fingerprint density at radius 2 is 2.26 bits per heavy atom. The molecule has 1 aliphatic heterocycles. The topological polar surface area (TPSA) is 92.5 Å². The number of hydrogen-bond donors (Lipinski definition) is 2. The molecule has 3 rings (SSSR count). The lowest BCUT2D eigenvalue weighted by atomic mass is 9.97. The van der Waals surface area contributed by atoms with E-state index < -0.39 is 0 Å². The van der Waals surface area contributed by atoms with Crippen molar-refractivity contribution in [3.63, 3.8) is 0 Å². The highest BCUT2D eigenvalue weighted by Gasteiger charge is 2.28. The zero-order valence-corrected chi connectivity index (χ0v) is 15.5. The molecule has 8 heteroatoms. The Kier molecular flexibility index (Phi) is 6.08. The Morgan fingerprint density at radius 3 is 3.00 bits per heavy atom. The van der Waals surface area contributed by atoms with Crippen LogP contribution in [0.15, 0.2) is 36.9 Å². The largest absolute Gasteiger partial charge is 0.487 e. The second-order valence-electron chi connectivity index (χ2n) is 6.50. The van der Waals surface area contributed by atoms with Gasteiger partial charge in [0.25, 0.3) is 0 Å². The number of piperidine rings is 1. The molecule has 1 aromatic heterocycles. The van der Waals surface area contributed by atoms with E-state index in [1.165, 1.54) is 0 Å². The minimum absolute atomic E-state index is 0.0922. The zero-order valence-electron chi connectivity index (χ0n) is 15.5. The summed E-state index contributed by atoms with van der Waals surface area (Å²) in [7, 11) is 1.84. The van der Waals surface area contributed by atoms with E-state index in [4.69, 9.17) is 4.74 Å². The van der Waals surface area contributed by atoms with E-state index in [9.17, 15) is 9.90 Å². The Labute approximate surface area is 158 Å². The number of amides is 2. The van der Waals surface area contributed by atoms with Gasteiger partial charge in [0.05, 0.1) is 5.69 Å². The third kappa shape index (κ3) is 4.28. The highest BCUT2D eigenvalue weighted by atomic mass is 16.5. The maximum absolute atomic E-state index is 12.8. The summed E-state index contributed by atoms with van der Waals surface area (Å²) < 4.78 is 7.41. The Hall–Kier alpha value is -2.87. The van der Waals surface area contributed by atoms with Crippen LogP contribution in [0.1, 0.15) is 30.4 Å². The van der Waals surface area contributed by atoms with E-state index in [1.54, 1.807) is 11.0 Å². The monoisotopic (exact) mass is 371 g/mol. The Balaban J connectivity index is 1.68. The first kappa shape index (κ1) is 18.9. The van der Waals surface area contributed by atoms with E-state index in [2.05, 4.69) is 22.1 Å². The molecule has 0 unspecified atom stereocenters. The van der Waals surface area contributed by atoms with Gasteiger partial charge < -0.3 is 24.6 Å². The summed E-state index contributed by atoms with van der Waals surface area (Å²) in [5, 5.41) is 20.5. The number of nitrogens with zero attached hydrogens (tertiary/aromatic N) is 4. The highest BCUT2D eigenvalue weighted by Crippen LogP contribution is 2.28. The molecule has 1 saturated heterocycles. The molecule has 1 aliphatic rings. The molecule has 0 spiro atoms. The van der Waals surface area contributed by atoms with Crippen LogP contribution in [0.5, 0.6) is 5.75 Å². The van der Waals surface area contributed by atoms with Crippen LogP contribution in [0.3, 0.4) is 0 Å². The van der Waals surface area contributed by atoms with Gasteiger partial charge in [0.1, 0.15) is 24.8 Å². The fourth-order valence-corrected chi connectivity index (χ4v) is 3.28. The number of nitrogens with one attached hydrogen (secondary N) is 1. The number of carbonyl (C=O) groups excluding carboxylic acids is 1. The van der Waals surface area contributed by atoms with Crippen LogP contribution < -0.4 is 10.1 Å². The van der Waals surface area contributed by atoms with Gasteiger partial charge in [0.15, 0.2) is 5.82 Å². The van der Waals surface area contributed by atoms with Crippen LogP contribution in [-0.4, -0.2) is 50.5 Å². The number of aliphatic hydroxyl groups is 1. The molecule has 0 aliphatic carbocycles. The first-order chi connectivity index (χ1) is 13.1. The van der Waals surface area contributed by atoms with Gasteiger partial charge in [0, 0.05) is 26.1 Å². The van der Waals surface area contributed by atoms with Crippen molar-refractivity contribution in [1.29, 1.82) is 0 Å². The van der Waals surface area contributed by atoms with Crippen LogP contribution in [0, 0.1) is 0 Å². The van der Waals surface area contributed by atoms with Crippen molar-refractivity contribution in [2.24, 2.45) is 7.05 Å². The molecule has 2 aromatic rings. The van der Waals surface area contributed by atoms with Gasteiger partial charge in [-0.15, -0.1) is 10.2 Å². The van der Waals surface area contributed by atoms with Crippen molar-refractivity contribution in [2.45, 2.75) is 25.4 Å². The van der Waals surface area contributed by atoms with Gasteiger partial charge >= 0.3 is 6.03 Å². The maximum atomic E-state index is 12.8. The molecule has 27 heavy (non-hydrogen) atoms. The maximum Gasteiger partial charge on any atom is 0.321 e. The smallest absolute Gasteiger partial charge is 0.321 e. The molecule has 8 nitrogen and oxygen atoms in total. The minimum atomic E-state index is -0.168. The quantitative estimate of drug-likeness (QED) is 0.760. The number of aromatic nitrogens is 3. The van der Waals surface area contributed by atoms with E-state index in [0.717, 1.165) is 18.7 Å². The molecule has 1 aromatic carbocycles. The summed E-state index contributed by atoms with van der Waals surface area (Å²) in [6.45, 7) is 5.10. The predicted octanol–water partition coefficient (Wildman–Crippen LogP) is 2.28. The molecule has 2 amide bonds. The number of hydrogen-bond acceptors (Lipinski definition) is 5. The van der Waals surface area contributed by atoms with E-state index in [-0.39, 0.29) is 18.6 Å². The van der Waals surface area contributed by atoms with E-state index >= 15 is 0 Å². The first-order valence-electron chi connectivity index (χ1n) is 9.01. The molecule has 0 saturated carbocycles. The van der Waals surface area contributed by atoms with Gasteiger partial charge in [-0.25, -0.2) is 4.79 Å². The van der Waals surface area contributed by atoms with Crippen LogP contribution in [0.4, 0.5) is 10.5 Å². The summed E-state index contributed by atoms with van der Waals surface area (Å²) in [6, 6.07) is 7.17. The second-order valence-corrected chi connectivity index (χ2v) is 6.50. The highest BCUT2D eigenvalue weighted by molar-refractivity contribution is 5.91. The van der Waals surface area contributed by atoms with Crippen LogP contribution >= 0.6 is 0 Å². The summed E-state index contributed by atoms with van der Waals surface area (Å²) in [5.74, 6) is 2.03. The second kappa shape index (κ2) is 8.68.